The molecule has 2 fully saturated rings. The lowest BCUT2D eigenvalue weighted by Crippen LogP contribution is -2.37. The van der Waals surface area contributed by atoms with Crippen molar-refractivity contribution in [3.63, 3.8) is 0 Å². The van der Waals surface area contributed by atoms with E-state index >= 15 is 0 Å². The summed E-state index contributed by atoms with van der Waals surface area (Å²) in [5, 5.41) is 1.63. The average molecular weight is 475 g/mol. The van der Waals surface area contributed by atoms with Gasteiger partial charge < -0.3 is 14.2 Å². The average Bonchev–Trinajstić information content (AvgIpc) is 3.40. The molecule has 0 bridgehead atoms. The van der Waals surface area contributed by atoms with Crippen LogP contribution in [0.5, 0.6) is 17.2 Å². The van der Waals surface area contributed by atoms with E-state index in [1.165, 1.54) is 19.1 Å². The number of rotatable bonds is 7. The Balaban J connectivity index is 1.61. The van der Waals surface area contributed by atoms with Crippen molar-refractivity contribution in [1.82, 2.24) is 4.90 Å². The van der Waals surface area contributed by atoms with Gasteiger partial charge in [0, 0.05) is 5.56 Å². The molecule has 3 aromatic rings. The van der Waals surface area contributed by atoms with Crippen molar-refractivity contribution in [3.05, 3.63) is 83.9 Å². The number of hydroxylamine groups is 1. The molecule has 0 aromatic heterocycles. The van der Waals surface area contributed by atoms with Gasteiger partial charge in [0.1, 0.15) is 12.0 Å². The molecule has 0 spiro atoms. The van der Waals surface area contributed by atoms with Crippen LogP contribution in [0.4, 0.5) is 5.69 Å². The van der Waals surface area contributed by atoms with E-state index in [-0.39, 0.29) is 18.4 Å². The highest BCUT2D eigenvalue weighted by molar-refractivity contribution is 6.07. The number of fused-ring (bicyclic) bond motifs is 1. The molecule has 3 atom stereocenters. The van der Waals surface area contributed by atoms with Crippen molar-refractivity contribution >= 4 is 17.5 Å². The third-order valence-corrected chi connectivity index (χ3v) is 6.45. The molecule has 180 valence electrons. The summed E-state index contributed by atoms with van der Waals surface area (Å²) in [7, 11) is 4.60. The summed E-state index contributed by atoms with van der Waals surface area (Å²) < 4.78 is 16.8. The van der Waals surface area contributed by atoms with Crippen LogP contribution in [0.2, 0.25) is 0 Å². The Morgan fingerprint density at radius 1 is 0.771 bits per heavy atom. The minimum Gasteiger partial charge on any atom is -0.493 e. The molecule has 0 radical (unpaired) electrons. The van der Waals surface area contributed by atoms with E-state index in [4.69, 9.17) is 19.0 Å². The van der Waals surface area contributed by atoms with E-state index in [9.17, 15) is 9.59 Å². The second-order valence-electron chi connectivity index (χ2n) is 8.33. The molecule has 0 saturated carbocycles. The Kier molecular flexibility index (Phi) is 6.05. The van der Waals surface area contributed by atoms with Crippen LogP contribution in [-0.2, 0) is 21.0 Å². The van der Waals surface area contributed by atoms with Crippen LogP contribution < -0.4 is 19.3 Å². The van der Waals surface area contributed by atoms with Crippen molar-refractivity contribution in [2.45, 2.75) is 18.7 Å². The fourth-order valence-electron chi connectivity index (χ4n) is 4.87. The lowest BCUT2D eigenvalue weighted by molar-refractivity contribution is -0.143. The number of imide groups is 1. The van der Waals surface area contributed by atoms with Crippen LogP contribution in [0.3, 0.4) is 0 Å². The normalized spacial score (nSPS) is 21.3. The van der Waals surface area contributed by atoms with Crippen molar-refractivity contribution in [2.24, 2.45) is 5.92 Å². The molecule has 0 aliphatic carbocycles. The second-order valence-corrected chi connectivity index (χ2v) is 8.33. The van der Waals surface area contributed by atoms with E-state index in [0.717, 1.165) is 11.3 Å². The van der Waals surface area contributed by atoms with E-state index in [0.29, 0.717) is 22.8 Å². The van der Waals surface area contributed by atoms with Gasteiger partial charge in [0.25, 0.3) is 5.91 Å². The molecular formula is C27H26N2O6. The fraction of sp³-hybridized carbons (Fsp3) is 0.259. The summed E-state index contributed by atoms with van der Waals surface area (Å²) in [5.74, 6) is -0.0886. The molecule has 2 saturated heterocycles. The quantitative estimate of drug-likeness (QED) is 0.483. The number of hydrogen-bond donors (Lipinski definition) is 0. The number of hydrogen-bond acceptors (Lipinski definition) is 7. The Morgan fingerprint density at radius 3 is 2.06 bits per heavy atom. The first-order chi connectivity index (χ1) is 17.1. The summed E-state index contributed by atoms with van der Waals surface area (Å²) in [6, 6.07) is 21.8. The largest absolute Gasteiger partial charge is 0.493 e. The third kappa shape index (κ3) is 3.76. The number of carbonyl (C=O) groups is 2. The maximum Gasteiger partial charge on any atom is 0.262 e. The van der Waals surface area contributed by atoms with Gasteiger partial charge in [-0.25, -0.2) is 5.06 Å². The van der Waals surface area contributed by atoms with Gasteiger partial charge in [-0.05, 0) is 29.8 Å². The van der Waals surface area contributed by atoms with E-state index in [1.54, 1.807) is 18.2 Å². The van der Waals surface area contributed by atoms with Crippen molar-refractivity contribution < 1.29 is 28.6 Å². The lowest BCUT2D eigenvalue weighted by Gasteiger charge is -2.30. The fourth-order valence-corrected chi connectivity index (χ4v) is 4.87. The number of nitrogens with zero attached hydrogens (tertiary/aromatic N) is 2. The number of para-hydroxylation sites is 1. The molecule has 2 amide bonds. The van der Waals surface area contributed by atoms with Crippen LogP contribution in [0.1, 0.15) is 17.2 Å². The Bertz CT molecular complexity index is 1230. The van der Waals surface area contributed by atoms with Crippen molar-refractivity contribution in [3.8, 4) is 17.2 Å². The highest BCUT2D eigenvalue weighted by Crippen LogP contribution is 2.52. The summed E-state index contributed by atoms with van der Waals surface area (Å²) in [6.45, 7) is 0.190. The number of carbonyl (C=O) groups excluding carboxylic acids is 2. The molecule has 3 aromatic carbocycles. The molecule has 2 heterocycles. The van der Waals surface area contributed by atoms with Gasteiger partial charge in [-0.1, -0.05) is 48.5 Å². The minimum absolute atomic E-state index is 0.190. The van der Waals surface area contributed by atoms with Crippen LogP contribution in [-0.4, -0.2) is 44.1 Å². The van der Waals surface area contributed by atoms with E-state index < -0.39 is 18.1 Å². The predicted molar refractivity (Wildman–Crippen MR) is 128 cm³/mol. The topological polar surface area (TPSA) is 77.5 Å². The molecule has 0 unspecified atom stereocenters. The van der Waals surface area contributed by atoms with Gasteiger partial charge in [-0.15, -0.1) is 0 Å². The van der Waals surface area contributed by atoms with Crippen LogP contribution in [0.25, 0.3) is 0 Å². The predicted octanol–water partition coefficient (Wildman–Crippen LogP) is 3.76. The van der Waals surface area contributed by atoms with Crippen molar-refractivity contribution in [2.75, 3.05) is 26.4 Å². The first kappa shape index (κ1) is 22.7. The van der Waals surface area contributed by atoms with Gasteiger partial charge >= 0.3 is 0 Å². The highest BCUT2D eigenvalue weighted by Gasteiger charge is 2.60. The lowest BCUT2D eigenvalue weighted by atomic mass is 9.89. The van der Waals surface area contributed by atoms with Crippen LogP contribution in [0.15, 0.2) is 72.8 Å². The Hall–Kier alpha value is -4.04. The van der Waals surface area contributed by atoms with Gasteiger partial charge in [0.15, 0.2) is 17.6 Å². The molecule has 35 heavy (non-hydrogen) atoms. The van der Waals surface area contributed by atoms with E-state index in [1.807, 2.05) is 66.7 Å². The Labute approximate surface area is 203 Å². The minimum atomic E-state index is -0.950. The summed E-state index contributed by atoms with van der Waals surface area (Å²) >= 11 is 0. The molecule has 0 N–H and O–H groups in total. The monoisotopic (exact) mass is 474 g/mol. The maximum atomic E-state index is 13.7. The van der Waals surface area contributed by atoms with E-state index in [2.05, 4.69) is 0 Å². The number of ether oxygens (including phenoxy) is 3. The standard InChI is InChI=1S/C27H26N2O6/c1-32-20-15-14-19(23(33-2)24(20)34-3)22-21-25(35-29(22)18-12-8-5-9-13-18)27(31)28(26(21)30)16-17-10-6-4-7-11-17/h4-15,21-22,25H,16H2,1-3H3/t21-,22+,25-/m1/s1. The summed E-state index contributed by atoms with van der Waals surface area (Å²) in [5.41, 5.74) is 2.25. The number of benzene rings is 3. The van der Waals surface area contributed by atoms with Gasteiger partial charge in [0.05, 0.1) is 33.6 Å². The van der Waals surface area contributed by atoms with Gasteiger partial charge in [-0.3, -0.25) is 19.3 Å². The van der Waals surface area contributed by atoms with Crippen LogP contribution in [0, 0.1) is 5.92 Å². The summed E-state index contributed by atoms with van der Waals surface area (Å²) in [6.07, 6.45) is -0.950. The molecule has 8 heteroatoms. The first-order valence-electron chi connectivity index (χ1n) is 11.3. The number of anilines is 1. The maximum absolute atomic E-state index is 13.7. The summed E-state index contributed by atoms with van der Waals surface area (Å²) in [4.78, 5) is 34.6. The highest BCUT2D eigenvalue weighted by atomic mass is 16.7. The van der Waals surface area contributed by atoms with Gasteiger partial charge in [0.2, 0.25) is 11.7 Å². The zero-order valence-corrected chi connectivity index (χ0v) is 19.7. The molecule has 2 aliphatic rings. The zero-order valence-electron chi connectivity index (χ0n) is 19.7. The second kappa shape index (κ2) is 9.31. The third-order valence-electron chi connectivity index (χ3n) is 6.45. The SMILES string of the molecule is COc1ccc([C@H]2[C@H]3C(=O)N(Cc4ccccc4)C(=O)[C@@H]3ON2c2ccccc2)c(OC)c1OC. The molecule has 8 nitrogen and oxygen atoms in total. The smallest absolute Gasteiger partial charge is 0.262 e. The first-order valence-corrected chi connectivity index (χ1v) is 11.3. The number of methoxy groups -OCH3 is 3. The molecule has 5 rings (SSSR count). The Morgan fingerprint density at radius 2 is 1.43 bits per heavy atom. The molecular weight excluding hydrogens is 448 g/mol. The number of likely N-dealkylation sites (tertiary alicyclic amines) is 1. The zero-order chi connectivity index (χ0) is 24.5. The molecule has 2 aliphatic heterocycles. The van der Waals surface area contributed by atoms with Crippen LogP contribution >= 0.6 is 0 Å². The van der Waals surface area contributed by atoms with Gasteiger partial charge in [-0.2, -0.15) is 0 Å². The van der Waals surface area contributed by atoms with Crippen molar-refractivity contribution in [1.29, 1.82) is 0 Å². The number of amides is 2.